The van der Waals surface area contributed by atoms with Gasteiger partial charge in [0.05, 0.1) is 17.3 Å². The molecule has 134 valence electrons. The fourth-order valence-electron chi connectivity index (χ4n) is 3.65. The molecule has 27 heavy (non-hydrogen) atoms. The Morgan fingerprint density at radius 1 is 1.19 bits per heavy atom. The van der Waals surface area contributed by atoms with Crippen LogP contribution in [-0.2, 0) is 6.42 Å². The molecule has 1 aliphatic rings. The molecule has 0 amide bonds. The van der Waals surface area contributed by atoms with E-state index in [-0.39, 0.29) is 5.92 Å². The maximum atomic E-state index is 9.27. The largest absolute Gasteiger partial charge is 0.341 e. The summed E-state index contributed by atoms with van der Waals surface area (Å²) < 4.78 is 5.41. The summed E-state index contributed by atoms with van der Waals surface area (Å²) in [5.74, 6) is 2.00. The van der Waals surface area contributed by atoms with Gasteiger partial charge in [0.25, 0.3) is 0 Å². The van der Waals surface area contributed by atoms with E-state index >= 15 is 0 Å². The minimum Gasteiger partial charge on any atom is -0.341 e. The van der Waals surface area contributed by atoms with E-state index in [0.717, 1.165) is 34.7 Å². The number of aromatic nitrogens is 3. The van der Waals surface area contributed by atoms with Crippen LogP contribution in [0.15, 0.2) is 53.2 Å². The molecule has 0 N–H and O–H groups in total. The zero-order chi connectivity index (χ0) is 18.8. The number of allylic oxidation sites excluding steroid dienone is 1. The van der Waals surface area contributed by atoms with Gasteiger partial charge in [-0.2, -0.15) is 5.26 Å². The van der Waals surface area contributed by atoms with Crippen molar-refractivity contribution >= 4 is 6.08 Å². The number of benzene rings is 1. The first-order valence-corrected chi connectivity index (χ1v) is 9.12. The first-order valence-electron chi connectivity index (χ1n) is 9.12. The Morgan fingerprint density at radius 2 is 2.04 bits per heavy atom. The zero-order valence-corrected chi connectivity index (χ0v) is 15.3. The van der Waals surface area contributed by atoms with Crippen molar-refractivity contribution in [3.8, 4) is 17.2 Å². The molecule has 0 radical (unpaired) electrons. The Morgan fingerprint density at radius 3 is 2.81 bits per heavy atom. The average Bonchev–Trinajstić information content (AvgIpc) is 3.16. The number of nitriles is 1. The van der Waals surface area contributed by atoms with E-state index in [0.29, 0.717) is 17.4 Å². The second-order valence-electron chi connectivity index (χ2n) is 7.14. The Hall–Kier alpha value is -3.26. The molecular formula is C22H20N4O. The maximum Gasteiger partial charge on any atom is 0.167 e. The van der Waals surface area contributed by atoms with Crippen molar-refractivity contribution in [2.45, 2.75) is 26.2 Å². The van der Waals surface area contributed by atoms with Crippen LogP contribution in [0.4, 0.5) is 0 Å². The molecule has 3 atom stereocenters. The zero-order valence-electron chi connectivity index (χ0n) is 15.3. The Labute approximate surface area is 158 Å². The molecule has 4 rings (SSSR count). The van der Waals surface area contributed by atoms with Crippen molar-refractivity contribution in [2.24, 2.45) is 11.8 Å². The highest BCUT2D eigenvalue weighted by molar-refractivity contribution is 5.70. The monoisotopic (exact) mass is 356 g/mol. The van der Waals surface area contributed by atoms with Gasteiger partial charge in [0.1, 0.15) is 5.69 Å². The Bertz CT molecular complexity index is 1010. The second kappa shape index (κ2) is 7.16. The van der Waals surface area contributed by atoms with Gasteiger partial charge >= 0.3 is 0 Å². The smallest absolute Gasteiger partial charge is 0.167 e. The molecule has 0 saturated heterocycles. The number of pyridine rings is 1. The Kier molecular flexibility index (Phi) is 4.55. The van der Waals surface area contributed by atoms with Gasteiger partial charge in [-0.1, -0.05) is 44.2 Å². The van der Waals surface area contributed by atoms with E-state index in [1.807, 2.05) is 48.7 Å². The minimum atomic E-state index is 0.152. The second-order valence-corrected chi connectivity index (χ2v) is 7.14. The van der Waals surface area contributed by atoms with Gasteiger partial charge in [-0.05, 0) is 36.5 Å². The van der Waals surface area contributed by atoms with Crippen molar-refractivity contribution in [1.82, 2.24) is 15.4 Å². The van der Waals surface area contributed by atoms with E-state index in [4.69, 9.17) is 4.52 Å². The molecule has 5 heteroatoms. The topological polar surface area (TPSA) is 75.6 Å². The normalized spacial score (nSPS) is 21.7. The van der Waals surface area contributed by atoms with Gasteiger partial charge < -0.3 is 4.52 Å². The molecule has 2 aromatic heterocycles. The van der Waals surface area contributed by atoms with Gasteiger partial charge in [-0.3, -0.25) is 4.98 Å². The summed E-state index contributed by atoms with van der Waals surface area (Å²) in [6.07, 6.45) is 6.88. The molecule has 3 aromatic rings. The summed E-state index contributed by atoms with van der Waals surface area (Å²) in [7, 11) is 0. The van der Waals surface area contributed by atoms with E-state index < -0.39 is 0 Å². The summed E-state index contributed by atoms with van der Waals surface area (Å²) in [5.41, 5.74) is 4.32. The van der Waals surface area contributed by atoms with E-state index in [1.54, 1.807) is 0 Å². The number of nitrogens with zero attached hydrogens (tertiary/aromatic N) is 4. The van der Waals surface area contributed by atoms with Crippen LogP contribution in [0.3, 0.4) is 0 Å². The fraction of sp³-hybridized carbons (Fsp3) is 0.273. The van der Waals surface area contributed by atoms with E-state index in [9.17, 15) is 5.26 Å². The van der Waals surface area contributed by atoms with E-state index in [1.165, 1.54) is 0 Å². The number of hydrogen-bond donors (Lipinski definition) is 0. The van der Waals surface area contributed by atoms with Crippen LogP contribution in [0.2, 0.25) is 0 Å². The first kappa shape index (κ1) is 17.2. The fourth-order valence-corrected chi connectivity index (χ4v) is 3.65. The molecule has 5 nitrogen and oxygen atoms in total. The summed E-state index contributed by atoms with van der Waals surface area (Å²) in [6, 6.07) is 13.7. The third-order valence-corrected chi connectivity index (χ3v) is 5.49. The van der Waals surface area contributed by atoms with Gasteiger partial charge in [0.15, 0.2) is 5.76 Å². The molecule has 0 bridgehead atoms. The molecule has 0 saturated carbocycles. The lowest BCUT2D eigenvalue weighted by Crippen LogP contribution is -2.24. The van der Waals surface area contributed by atoms with Crippen molar-refractivity contribution < 1.29 is 4.52 Å². The minimum absolute atomic E-state index is 0.152. The van der Waals surface area contributed by atoms with Crippen LogP contribution in [-0.4, -0.2) is 15.4 Å². The first-order chi connectivity index (χ1) is 13.2. The van der Waals surface area contributed by atoms with Crippen molar-refractivity contribution in [2.75, 3.05) is 0 Å². The lowest BCUT2D eigenvalue weighted by Gasteiger charge is -2.29. The van der Waals surface area contributed by atoms with Gasteiger partial charge in [0.2, 0.25) is 0 Å². The van der Waals surface area contributed by atoms with Gasteiger partial charge in [-0.25, -0.2) is 0 Å². The van der Waals surface area contributed by atoms with Crippen molar-refractivity contribution in [3.05, 3.63) is 71.4 Å². The maximum absolute atomic E-state index is 9.27. The Balaban J connectivity index is 1.58. The van der Waals surface area contributed by atoms with Crippen LogP contribution in [0.1, 0.15) is 42.5 Å². The summed E-state index contributed by atoms with van der Waals surface area (Å²) in [4.78, 5) is 4.54. The quantitative estimate of drug-likeness (QED) is 0.684. The third kappa shape index (κ3) is 3.26. The third-order valence-electron chi connectivity index (χ3n) is 5.49. The van der Waals surface area contributed by atoms with E-state index in [2.05, 4.69) is 41.3 Å². The molecule has 1 aromatic carbocycles. The van der Waals surface area contributed by atoms with Crippen LogP contribution >= 0.6 is 0 Å². The van der Waals surface area contributed by atoms with Crippen molar-refractivity contribution in [3.63, 3.8) is 0 Å². The molecule has 0 spiro atoms. The number of fused-ring (bicyclic) bond motifs is 1. The SMILES string of the molecule is CC1Cc2nnoc2[C@@H](/C=C/c2ccc(-c3ccccc3C#N)cn2)[C@@H]1C. The van der Waals surface area contributed by atoms with Crippen LogP contribution < -0.4 is 0 Å². The highest BCUT2D eigenvalue weighted by Gasteiger charge is 2.34. The predicted molar refractivity (Wildman–Crippen MR) is 102 cm³/mol. The molecule has 0 fully saturated rings. The van der Waals surface area contributed by atoms with Gasteiger partial charge in [-0.15, -0.1) is 5.10 Å². The lowest BCUT2D eigenvalue weighted by molar-refractivity contribution is 0.272. The standard InChI is InChI=1S/C22H20N4O/c1-14-11-21-22(27-26-25-21)19(15(14)2)10-9-18-8-7-17(13-24-18)20-6-4-3-5-16(20)12-23/h3-10,13-15,19H,11H2,1-2H3/b10-9+/t14?,15-,19+/m1/s1. The molecule has 2 heterocycles. The van der Waals surface area contributed by atoms with Gasteiger partial charge in [0, 0.05) is 28.5 Å². The molecular weight excluding hydrogens is 336 g/mol. The number of hydrogen-bond acceptors (Lipinski definition) is 5. The summed E-state index contributed by atoms with van der Waals surface area (Å²) >= 11 is 0. The summed E-state index contributed by atoms with van der Waals surface area (Å²) in [5, 5.41) is 17.1. The molecule has 0 aliphatic heterocycles. The molecule has 1 aliphatic carbocycles. The lowest BCUT2D eigenvalue weighted by atomic mass is 9.74. The average molecular weight is 356 g/mol. The molecule has 1 unspecified atom stereocenters. The van der Waals surface area contributed by atoms with Crippen LogP contribution in [0.5, 0.6) is 0 Å². The highest BCUT2D eigenvalue weighted by Crippen LogP contribution is 2.39. The number of rotatable bonds is 3. The van der Waals surface area contributed by atoms with Crippen LogP contribution in [0, 0.1) is 23.2 Å². The van der Waals surface area contributed by atoms with Crippen LogP contribution in [0.25, 0.3) is 17.2 Å². The highest BCUT2D eigenvalue weighted by atomic mass is 16.5. The van der Waals surface area contributed by atoms with Crippen molar-refractivity contribution in [1.29, 1.82) is 5.26 Å². The summed E-state index contributed by atoms with van der Waals surface area (Å²) in [6.45, 7) is 4.48. The predicted octanol–water partition coefficient (Wildman–Crippen LogP) is 4.63.